The number of carbonyl (C=O) groups excluding carboxylic acids is 1. The monoisotopic (exact) mass is 387 g/mol. The molecule has 0 saturated heterocycles. The van der Waals surface area contributed by atoms with Gasteiger partial charge in [0.25, 0.3) is 5.56 Å². The third-order valence-electron chi connectivity index (χ3n) is 3.87. The van der Waals surface area contributed by atoms with E-state index in [0.29, 0.717) is 9.59 Å². The number of hydrogen-bond acceptors (Lipinski definition) is 2. The van der Waals surface area contributed by atoms with Gasteiger partial charge in [-0.2, -0.15) is 13.2 Å². The van der Waals surface area contributed by atoms with Gasteiger partial charge in [0.05, 0.1) is 6.04 Å². The van der Waals surface area contributed by atoms with E-state index in [4.69, 9.17) is 11.6 Å². The smallest absolute Gasteiger partial charge is 0.321 e. The maximum absolute atomic E-state index is 12.5. The van der Waals surface area contributed by atoms with Gasteiger partial charge < -0.3 is 14.8 Å². The van der Waals surface area contributed by atoms with E-state index >= 15 is 0 Å². The molecule has 0 aliphatic rings. The molecule has 1 aromatic heterocycles. The summed E-state index contributed by atoms with van der Waals surface area (Å²) in [5.74, 6) is 0. The predicted octanol–water partition coefficient (Wildman–Crippen LogP) is 4.29. The summed E-state index contributed by atoms with van der Waals surface area (Å²) in [4.78, 5) is 25.8. The van der Waals surface area contributed by atoms with Crippen molar-refractivity contribution in [2.45, 2.75) is 25.7 Å². The lowest BCUT2D eigenvalue weighted by molar-refractivity contribution is -0.141. The second-order valence-corrected chi connectivity index (χ2v) is 6.18. The topological polar surface area (TPSA) is 54.3 Å². The van der Waals surface area contributed by atoms with Crippen LogP contribution in [0.1, 0.15) is 18.5 Å². The van der Waals surface area contributed by atoms with Gasteiger partial charge in [-0.3, -0.25) is 4.79 Å². The van der Waals surface area contributed by atoms with Crippen LogP contribution in [0.15, 0.2) is 47.4 Å². The molecule has 2 aromatic rings. The number of hydrogen-bond donors (Lipinski definition) is 1. The van der Waals surface area contributed by atoms with Crippen molar-refractivity contribution in [3.8, 4) is 0 Å². The van der Waals surface area contributed by atoms with Crippen LogP contribution >= 0.6 is 11.6 Å². The number of rotatable bonds is 4. The van der Waals surface area contributed by atoms with Crippen LogP contribution in [0.3, 0.4) is 0 Å². The van der Waals surface area contributed by atoms with Crippen molar-refractivity contribution in [1.82, 2.24) is 9.47 Å². The summed E-state index contributed by atoms with van der Waals surface area (Å²) < 4.78 is 38.0. The molecule has 9 heteroatoms. The molecule has 0 bridgehead atoms. The van der Waals surface area contributed by atoms with Gasteiger partial charge in [0.2, 0.25) is 0 Å². The molecule has 1 aromatic carbocycles. The van der Waals surface area contributed by atoms with E-state index in [9.17, 15) is 22.8 Å². The van der Waals surface area contributed by atoms with Gasteiger partial charge in [-0.25, -0.2) is 4.79 Å². The van der Waals surface area contributed by atoms with E-state index in [1.165, 1.54) is 24.1 Å². The van der Waals surface area contributed by atoms with E-state index in [-0.39, 0.29) is 11.7 Å². The van der Waals surface area contributed by atoms with Crippen LogP contribution in [0.5, 0.6) is 0 Å². The number of benzene rings is 1. The number of aromatic nitrogens is 1. The fraction of sp³-hybridized carbons (Fsp3) is 0.294. The largest absolute Gasteiger partial charge is 0.406 e. The lowest BCUT2D eigenvalue weighted by atomic mass is 10.1. The standard InChI is InChI=1S/C17H17ClF3N3O2/c1-11(12-5-7-13(18)8-6-12)23(2)16(26)22-14-4-3-9-24(15(14)25)10-17(19,20)21/h3-9,11H,10H2,1-2H3,(H,22,26)/t11-/m1/s1. The summed E-state index contributed by atoms with van der Waals surface area (Å²) in [6.45, 7) is 0.350. The highest BCUT2D eigenvalue weighted by Crippen LogP contribution is 2.21. The molecule has 140 valence electrons. The number of halogens is 4. The van der Waals surface area contributed by atoms with Crippen LogP contribution in [-0.4, -0.2) is 28.7 Å². The van der Waals surface area contributed by atoms with Gasteiger partial charge in [-0.15, -0.1) is 0 Å². The number of nitrogens with zero attached hydrogens (tertiary/aromatic N) is 2. The normalized spacial score (nSPS) is 12.5. The van der Waals surface area contributed by atoms with Gasteiger partial charge in [0.1, 0.15) is 12.2 Å². The maximum Gasteiger partial charge on any atom is 0.406 e. The first-order chi connectivity index (χ1) is 12.1. The zero-order chi connectivity index (χ0) is 19.5. The number of alkyl halides is 3. The molecule has 0 fully saturated rings. The van der Waals surface area contributed by atoms with Crippen LogP contribution in [0.4, 0.5) is 23.7 Å². The van der Waals surface area contributed by atoms with Crippen molar-refractivity contribution in [3.63, 3.8) is 0 Å². The number of pyridine rings is 1. The van der Waals surface area contributed by atoms with E-state index in [2.05, 4.69) is 5.32 Å². The molecule has 0 aliphatic carbocycles. The molecule has 2 amide bonds. The van der Waals surface area contributed by atoms with Crippen LogP contribution in [0.25, 0.3) is 0 Å². The highest BCUT2D eigenvalue weighted by atomic mass is 35.5. The quantitative estimate of drug-likeness (QED) is 0.850. The molecule has 5 nitrogen and oxygen atoms in total. The first-order valence-corrected chi connectivity index (χ1v) is 8.02. The average Bonchev–Trinajstić information content (AvgIpc) is 2.56. The van der Waals surface area contributed by atoms with Crippen LogP contribution in [-0.2, 0) is 6.54 Å². The Kier molecular flexibility index (Phi) is 5.97. The number of nitrogens with one attached hydrogen (secondary N) is 1. The Balaban J connectivity index is 2.15. The zero-order valence-corrected chi connectivity index (χ0v) is 14.8. The van der Waals surface area contributed by atoms with Crippen molar-refractivity contribution >= 4 is 23.3 Å². The molecule has 2 rings (SSSR count). The first-order valence-electron chi connectivity index (χ1n) is 7.64. The lowest BCUT2D eigenvalue weighted by Crippen LogP contribution is -2.36. The third-order valence-corrected chi connectivity index (χ3v) is 4.12. The maximum atomic E-state index is 12.5. The third kappa shape index (κ3) is 5.01. The average molecular weight is 388 g/mol. The summed E-state index contributed by atoms with van der Waals surface area (Å²) in [6.07, 6.45) is -3.52. The minimum Gasteiger partial charge on any atom is -0.321 e. The minimum atomic E-state index is -4.54. The van der Waals surface area contributed by atoms with Crippen molar-refractivity contribution in [3.05, 3.63) is 63.5 Å². The SMILES string of the molecule is C[C@H](c1ccc(Cl)cc1)N(C)C(=O)Nc1cccn(CC(F)(F)F)c1=O. The molecule has 1 atom stereocenters. The number of amides is 2. The Morgan fingerprint density at radius 1 is 1.27 bits per heavy atom. The molecule has 0 saturated carbocycles. The van der Waals surface area contributed by atoms with Crippen molar-refractivity contribution in [2.24, 2.45) is 0 Å². The summed E-state index contributed by atoms with van der Waals surface area (Å²) in [7, 11) is 1.52. The molecule has 0 unspecified atom stereocenters. The summed E-state index contributed by atoms with van der Waals surface area (Å²) >= 11 is 5.83. The lowest BCUT2D eigenvalue weighted by Gasteiger charge is -2.25. The van der Waals surface area contributed by atoms with Crippen molar-refractivity contribution in [2.75, 3.05) is 12.4 Å². The van der Waals surface area contributed by atoms with E-state index in [1.807, 2.05) is 0 Å². The molecule has 0 radical (unpaired) electrons. The molecular formula is C17H17ClF3N3O2. The molecular weight excluding hydrogens is 371 g/mol. The first kappa shape index (κ1) is 19.8. The highest BCUT2D eigenvalue weighted by molar-refractivity contribution is 6.30. The predicted molar refractivity (Wildman–Crippen MR) is 93.4 cm³/mol. The Hall–Kier alpha value is -2.48. The van der Waals surface area contributed by atoms with Gasteiger partial charge in [0.15, 0.2) is 0 Å². The number of urea groups is 1. The molecule has 1 N–H and O–H groups in total. The molecule has 0 spiro atoms. The van der Waals surface area contributed by atoms with Crippen molar-refractivity contribution in [1.29, 1.82) is 0 Å². The fourth-order valence-electron chi connectivity index (χ4n) is 2.29. The minimum absolute atomic E-state index is 0.225. The van der Waals surface area contributed by atoms with Gasteiger partial charge >= 0.3 is 12.2 Å². The van der Waals surface area contributed by atoms with Crippen LogP contribution in [0, 0.1) is 0 Å². The Morgan fingerprint density at radius 3 is 2.46 bits per heavy atom. The van der Waals surface area contributed by atoms with Crippen LogP contribution < -0.4 is 10.9 Å². The molecule has 26 heavy (non-hydrogen) atoms. The molecule has 0 aliphatic heterocycles. The number of anilines is 1. The second kappa shape index (κ2) is 7.82. The van der Waals surface area contributed by atoms with Crippen molar-refractivity contribution < 1.29 is 18.0 Å². The van der Waals surface area contributed by atoms with E-state index < -0.39 is 24.3 Å². The summed E-state index contributed by atoms with van der Waals surface area (Å²) in [5, 5.41) is 2.92. The van der Waals surface area contributed by atoms with E-state index in [1.54, 1.807) is 31.2 Å². The zero-order valence-electron chi connectivity index (χ0n) is 14.0. The Morgan fingerprint density at radius 2 is 1.88 bits per heavy atom. The summed E-state index contributed by atoms with van der Waals surface area (Å²) in [6, 6.07) is 8.46. The summed E-state index contributed by atoms with van der Waals surface area (Å²) in [5.41, 5.74) is -0.336. The second-order valence-electron chi connectivity index (χ2n) is 5.74. The van der Waals surface area contributed by atoms with Gasteiger partial charge in [-0.05, 0) is 36.8 Å². The van der Waals surface area contributed by atoms with Gasteiger partial charge in [0, 0.05) is 18.3 Å². The number of carbonyl (C=O) groups is 1. The van der Waals surface area contributed by atoms with Gasteiger partial charge in [-0.1, -0.05) is 23.7 Å². The fourth-order valence-corrected chi connectivity index (χ4v) is 2.42. The molecule has 1 heterocycles. The Labute approximate surface area is 153 Å². The van der Waals surface area contributed by atoms with E-state index in [0.717, 1.165) is 11.8 Å². The Bertz CT molecular complexity index is 834. The van der Waals surface area contributed by atoms with Crippen LogP contribution in [0.2, 0.25) is 5.02 Å². The highest BCUT2D eigenvalue weighted by Gasteiger charge is 2.28.